The largest absolute Gasteiger partial charge is 0.444 e. The van der Waals surface area contributed by atoms with E-state index in [1.165, 1.54) is 0 Å². The Balaban J connectivity index is 1.43. The number of nitrogens with one attached hydrogen (secondary N) is 3. The smallest absolute Gasteiger partial charge is 0.412 e. The number of rotatable bonds is 10. The fraction of sp³-hybridized carbons (Fsp3) is 0.257. The van der Waals surface area contributed by atoms with Crippen molar-refractivity contribution in [1.29, 1.82) is 0 Å². The van der Waals surface area contributed by atoms with Gasteiger partial charge in [-0.25, -0.2) is 9.59 Å². The average molecular weight is 609 g/mol. The van der Waals surface area contributed by atoms with E-state index in [1.54, 1.807) is 74.5 Å². The number of hydrogen-bond donors (Lipinski definition) is 3. The number of urea groups is 1. The minimum atomic E-state index is -0.656. The zero-order valence-corrected chi connectivity index (χ0v) is 26.3. The van der Waals surface area contributed by atoms with Gasteiger partial charge in [0, 0.05) is 56.5 Å². The first-order valence-corrected chi connectivity index (χ1v) is 14.7. The van der Waals surface area contributed by atoms with Crippen LogP contribution in [-0.2, 0) is 17.7 Å². The van der Waals surface area contributed by atoms with Crippen LogP contribution in [0.5, 0.6) is 0 Å². The summed E-state index contributed by atoms with van der Waals surface area (Å²) in [6, 6.07) is 25.3. The highest BCUT2D eigenvalue weighted by molar-refractivity contribution is 6.06. The Labute approximate surface area is 264 Å². The molecule has 45 heavy (non-hydrogen) atoms. The standard InChI is InChI=1S/C35H40N6O4/c1-35(2,3)45-34(44)39-31-9-7-6-8-30(31)38-32(42)27-12-10-26(11-13-27)24-41(23-20-25-18-21-36-22-19-25)33(43)37-28-14-16-29(17-15-28)40(4)5/h6-19,21-22H,20,23-24H2,1-5H3,(H,37,43)(H,38,42)(H,39,44). The molecule has 234 valence electrons. The summed E-state index contributed by atoms with van der Waals surface area (Å²) in [5.41, 5.74) is 4.32. The Kier molecular flexibility index (Phi) is 10.8. The second kappa shape index (κ2) is 14.9. The number of amides is 4. The Morgan fingerprint density at radius 1 is 0.756 bits per heavy atom. The van der Waals surface area contributed by atoms with Crippen molar-refractivity contribution in [3.05, 3.63) is 114 Å². The number of para-hydroxylation sites is 2. The van der Waals surface area contributed by atoms with Crippen molar-refractivity contribution in [2.24, 2.45) is 0 Å². The number of nitrogens with zero attached hydrogens (tertiary/aromatic N) is 3. The van der Waals surface area contributed by atoms with Crippen molar-refractivity contribution in [2.75, 3.05) is 41.5 Å². The molecule has 0 fully saturated rings. The van der Waals surface area contributed by atoms with E-state index in [9.17, 15) is 14.4 Å². The van der Waals surface area contributed by atoms with Crippen LogP contribution in [0.15, 0.2) is 97.3 Å². The lowest BCUT2D eigenvalue weighted by Gasteiger charge is -2.24. The SMILES string of the molecule is CN(C)c1ccc(NC(=O)N(CCc2ccncc2)Cc2ccc(C(=O)Nc3ccccc3NC(=O)OC(C)(C)C)cc2)cc1. The quantitative estimate of drug-likeness (QED) is 0.178. The van der Waals surface area contributed by atoms with Crippen molar-refractivity contribution in [3.63, 3.8) is 0 Å². The molecule has 4 amide bonds. The molecule has 10 heteroatoms. The molecule has 0 aliphatic rings. The summed E-state index contributed by atoms with van der Waals surface area (Å²) in [5.74, 6) is -0.339. The number of aromatic nitrogens is 1. The molecule has 4 aromatic rings. The predicted molar refractivity (Wildman–Crippen MR) is 179 cm³/mol. The van der Waals surface area contributed by atoms with Crippen molar-refractivity contribution in [1.82, 2.24) is 9.88 Å². The van der Waals surface area contributed by atoms with Crippen molar-refractivity contribution in [3.8, 4) is 0 Å². The molecule has 10 nitrogen and oxygen atoms in total. The van der Waals surface area contributed by atoms with Gasteiger partial charge in [-0.1, -0.05) is 24.3 Å². The molecular weight excluding hydrogens is 568 g/mol. The Hall–Kier alpha value is -5.38. The van der Waals surface area contributed by atoms with E-state index in [1.807, 2.05) is 67.5 Å². The summed E-state index contributed by atoms with van der Waals surface area (Å²) in [7, 11) is 3.93. The number of anilines is 4. The zero-order valence-electron chi connectivity index (χ0n) is 26.3. The Bertz CT molecular complexity index is 1580. The summed E-state index contributed by atoms with van der Waals surface area (Å²) in [6.45, 7) is 6.16. The molecule has 0 aliphatic carbocycles. The molecular formula is C35H40N6O4. The summed E-state index contributed by atoms with van der Waals surface area (Å²) in [4.78, 5) is 46.6. The molecule has 0 saturated heterocycles. The van der Waals surface area contributed by atoms with Gasteiger partial charge >= 0.3 is 12.1 Å². The molecule has 3 N–H and O–H groups in total. The van der Waals surface area contributed by atoms with E-state index in [4.69, 9.17) is 4.74 Å². The normalized spacial score (nSPS) is 10.9. The van der Waals surface area contributed by atoms with Crippen molar-refractivity contribution < 1.29 is 19.1 Å². The third-order valence-electron chi connectivity index (χ3n) is 6.74. The van der Waals surface area contributed by atoms with Gasteiger partial charge in [0.1, 0.15) is 5.60 Å². The maximum atomic E-state index is 13.4. The second-order valence-electron chi connectivity index (χ2n) is 11.7. The van der Waals surface area contributed by atoms with E-state index >= 15 is 0 Å². The van der Waals surface area contributed by atoms with Gasteiger partial charge in [-0.2, -0.15) is 0 Å². The highest BCUT2D eigenvalue weighted by atomic mass is 16.6. The molecule has 0 atom stereocenters. The highest BCUT2D eigenvalue weighted by Gasteiger charge is 2.19. The summed E-state index contributed by atoms with van der Waals surface area (Å²) < 4.78 is 5.34. The monoisotopic (exact) mass is 608 g/mol. The first-order chi connectivity index (χ1) is 21.5. The number of hydrogen-bond acceptors (Lipinski definition) is 6. The highest BCUT2D eigenvalue weighted by Crippen LogP contribution is 2.23. The first kappa shape index (κ1) is 32.5. The number of carbonyl (C=O) groups excluding carboxylic acids is 3. The molecule has 1 heterocycles. The lowest BCUT2D eigenvalue weighted by Crippen LogP contribution is -2.36. The van der Waals surface area contributed by atoms with Gasteiger partial charge in [-0.05, 0) is 99.0 Å². The third-order valence-corrected chi connectivity index (χ3v) is 6.74. The summed E-state index contributed by atoms with van der Waals surface area (Å²) in [5, 5.41) is 8.55. The van der Waals surface area contributed by atoms with Crippen LogP contribution >= 0.6 is 0 Å². The minimum Gasteiger partial charge on any atom is -0.444 e. The number of pyridine rings is 1. The molecule has 0 spiro atoms. The van der Waals surface area contributed by atoms with Gasteiger partial charge in [0.15, 0.2) is 0 Å². The number of carbonyl (C=O) groups is 3. The van der Waals surface area contributed by atoms with Crippen LogP contribution in [0, 0.1) is 0 Å². The van der Waals surface area contributed by atoms with Crippen LogP contribution < -0.4 is 20.9 Å². The van der Waals surface area contributed by atoms with Gasteiger partial charge in [0.2, 0.25) is 0 Å². The van der Waals surface area contributed by atoms with E-state index in [0.29, 0.717) is 42.1 Å². The Morgan fingerprint density at radius 2 is 1.38 bits per heavy atom. The molecule has 0 radical (unpaired) electrons. The van der Waals surface area contributed by atoms with Gasteiger partial charge < -0.3 is 25.2 Å². The molecule has 0 saturated carbocycles. The van der Waals surface area contributed by atoms with Crippen LogP contribution in [-0.4, -0.2) is 54.2 Å². The van der Waals surface area contributed by atoms with Crippen LogP contribution in [0.4, 0.5) is 32.3 Å². The number of ether oxygens (including phenoxy) is 1. The first-order valence-electron chi connectivity index (χ1n) is 14.7. The van der Waals surface area contributed by atoms with Gasteiger partial charge in [-0.3, -0.25) is 15.1 Å². The molecule has 0 unspecified atom stereocenters. The number of benzene rings is 3. The Morgan fingerprint density at radius 3 is 1.98 bits per heavy atom. The molecule has 3 aromatic carbocycles. The fourth-order valence-electron chi connectivity index (χ4n) is 4.40. The zero-order chi connectivity index (χ0) is 32.4. The van der Waals surface area contributed by atoms with Crippen LogP contribution in [0.2, 0.25) is 0 Å². The molecule has 0 aliphatic heterocycles. The van der Waals surface area contributed by atoms with Crippen LogP contribution in [0.25, 0.3) is 0 Å². The maximum Gasteiger partial charge on any atom is 0.412 e. The molecule has 4 rings (SSSR count). The van der Waals surface area contributed by atoms with E-state index in [0.717, 1.165) is 16.8 Å². The van der Waals surface area contributed by atoms with Gasteiger partial charge in [-0.15, -0.1) is 0 Å². The van der Waals surface area contributed by atoms with E-state index in [2.05, 4.69) is 20.9 Å². The van der Waals surface area contributed by atoms with E-state index in [-0.39, 0.29) is 11.9 Å². The van der Waals surface area contributed by atoms with Crippen LogP contribution in [0.1, 0.15) is 42.3 Å². The molecule has 0 bridgehead atoms. The average Bonchev–Trinajstić information content (AvgIpc) is 3.00. The summed E-state index contributed by atoms with van der Waals surface area (Å²) >= 11 is 0. The van der Waals surface area contributed by atoms with Crippen molar-refractivity contribution in [2.45, 2.75) is 39.3 Å². The lowest BCUT2D eigenvalue weighted by molar-refractivity contribution is 0.0635. The van der Waals surface area contributed by atoms with Crippen LogP contribution in [0.3, 0.4) is 0 Å². The maximum absolute atomic E-state index is 13.4. The second-order valence-corrected chi connectivity index (χ2v) is 11.7. The predicted octanol–water partition coefficient (Wildman–Crippen LogP) is 7.02. The third kappa shape index (κ3) is 10.1. The molecule has 1 aromatic heterocycles. The topological polar surface area (TPSA) is 116 Å². The van der Waals surface area contributed by atoms with E-state index < -0.39 is 11.7 Å². The minimum absolute atomic E-state index is 0.224. The fourth-order valence-corrected chi connectivity index (χ4v) is 4.40. The van der Waals surface area contributed by atoms with Gasteiger partial charge in [0.05, 0.1) is 11.4 Å². The van der Waals surface area contributed by atoms with Gasteiger partial charge in [0.25, 0.3) is 5.91 Å². The summed E-state index contributed by atoms with van der Waals surface area (Å²) in [6.07, 6.45) is 3.52. The lowest BCUT2D eigenvalue weighted by atomic mass is 10.1. The van der Waals surface area contributed by atoms with Crippen molar-refractivity contribution >= 4 is 40.8 Å².